The number of carbonyl (C=O) groups is 1. The van der Waals surface area contributed by atoms with Crippen LogP contribution in [-0.2, 0) is 4.79 Å². The van der Waals surface area contributed by atoms with Crippen LogP contribution in [0.25, 0.3) is 0 Å². The van der Waals surface area contributed by atoms with Crippen LogP contribution < -0.4 is 0 Å². The van der Waals surface area contributed by atoms with Crippen molar-refractivity contribution in [2.75, 3.05) is 0 Å². The normalized spacial score (nSPS) is 61.4. The van der Waals surface area contributed by atoms with E-state index >= 15 is 0 Å². The first-order chi connectivity index (χ1) is 16.8. The lowest BCUT2D eigenvalue weighted by atomic mass is 9.28. The molecule has 0 unspecified atom stereocenters. The van der Waals surface area contributed by atoms with Gasteiger partial charge in [0, 0.05) is 5.41 Å². The highest BCUT2D eigenvalue weighted by atomic mass is 16.4. The van der Waals surface area contributed by atoms with Crippen LogP contribution in [0.3, 0.4) is 0 Å². The third-order valence-electron chi connectivity index (χ3n) is 15.6. The first-order valence-electron chi connectivity index (χ1n) is 14.8. The Kier molecular flexibility index (Phi) is 5.70. The summed E-state index contributed by atoms with van der Waals surface area (Å²) in [5.41, 5.74) is -1.56. The van der Waals surface area contributed by atoms with Crippen LogP contribution in [0.15, 0.2) is 11.6 Å². The van der Waals surface area contributed by atoms with E-state index in [1.807, 2.05) is 13.8 Å². The summed E-state index contributed by atoms with van der Waals surface area (Å²) < 4.78 is 0. The molecule has 5 heteroatoms. The Balaban J connectivity index is 1.71. The molecule has 0 spiro atoms. The molecule has 0 aliphatic heterocycles. The second-order valence-electron chi connectivity index (χ2n) is 15.7. The van der Waals surface area contributed by atoms with Crippen molar-refractivity contribution in [3.8, 4) is 0 Å². The maximum absolute atomic E-state index is 12.8. The third-order valence-corrected chi connectivity index (χ3v) is 15.6. The molecule has 0 aromatic carbocycles. The molecule has 0 heterocycles. The lowest BCUT2D eigenvalue weighted by Crippen LogP contribution is -2.77. The molecule has 4 saturated carbocycles. The Morgan fingerprint density at radius 2 is 1.49 bits per heavy atom. The summed E-state index contributed by atoms with van der Waals surface area (Å²) in [6.45, 7) is 20.4. The summed E-state index contributed by atoms with van der Waals surface area (Å²) in [7, 11) is 0. The van der Waals surface area contributed by atoms with Gasteiger partial charge in [0.25, 0.3) is 0 Å². The van der Waals surface area contributed by atoms with Crippen molar-refractivity contribution in [2.24, 2.45) is 55.7 Å². The van der Waals surface area contributed by atoms with Gasteiger partial charge in [0.1, 0.15) is 6.10 Å². The number of aliphatic hydroxyl groups is 3. The van der Waals surface area contributed by atoms with Crippen molar-refractivity contribution in [3.05, 3.63) is 11.6 Å². The average Bonchev–Trinajstić information content (AvgIpc) is 2.84. The highest BCUT2D eigenvalue weighted by Crippen LogP contribution is 2.80. The van der Waals surface area contributed by atoms with Crippen LogP contribution >= 0.6 is 0 Å². The minimum Gasteiger partial charge on any atom is -0.481 e. The van der Waals surface area contributed by atoms with E-state index in [2.05, 4.69) is 47.6 Å². The van der Waals surface area contributed by atoms with E-state index in [4.69, 9.17) is 0 Å². The summed E-state index contributed by atoms with van der Waals surface area (Å²) in [4.78, 5) is 12.8. The average molecular weight is 517 g/mol. The first-order valence-corrected chi connectivity index (χ1v) is 14.8. The Morgan fingerprint density at radius 3 is 2.08 bits per heavy atom. The van der Waals surface area contributed by atoms with Crippen molar-refractivity contribution in [1.29, 1.82) is 0 Å². The van der Waals surface area contributed by atoms with Crippen molar-refractivity contribution in [2.45, 2.75) is 126 Å². The molecule has 37 heavy (non-hydrogen) atoms. The number of rotatable bonds is 1. The molecule has 0 radical (unpaired) electrons. The summed E-state index contributed by atoms with van der Waals surface area (Å²) in [5.74, 6) is 0.154. The van der Waals surface area contributed by atoms with Gasteiger partial charge in [0.2, 0.25) is 0 Å². The largest absolute Gasteiger partial charge is 0.481 e. The number of aliphatic hydroxyl groups excluding tert-OH is 3. The van der Waals surface area contributed by atoms with E-state index in [0.29, 0.717) is 18.3 Å². The van der Waals surface area contributed by atoms with Gasteiger partial charge in [0.05, 0.1) is 17.6 Å². The van der Waals surface area contributed by atoms with Crippen molar-refractivity contribution in [1.82, 2.24) is 0 Å². The topological polar surface area (TPSA) is 98.0 Å². The molecule has 0 amide bonds. The fourth-order valence-electron chi connectivity index (χ4n) is 11.7. The predicted molar refractivity (Wildman–Crippen MR) is 145 cm³/mol. The van der Waals surface area contributed by atoms with E-state index < -0.39 is 40.5 Å². The number of carboxylic acids is 1. The third kappa shape index (κ3) is 2.66. The van der Waals surface area contributed by atoms with Crippen LogP contribution in [-0.4, -0.2) is 44.7 Å². The van der Waals surface area contributed by atoms with Crippen LogP contribution in [0.2, 0.25) is 0 Å². The maximum atomic E-state index is 12.8. The Labute approximate surface area is 224 Å². The number of hydrogen-bond donors (Lipinski definition) is 4. The summed E-state index contributed by atoms with van der Waals surface area (Å²) >= 11 is 0. The minimum absolute atomic E-state index is 0.00685. The van der Waals surface area contributed by atoms with Gasteiger partial charge in [0.15, 0.2) is 0 Å². The van der Waals surface area contributed by atoms with E-state index in [0.717, 1.165) is 19.3 Å². The van der Waals surface area contributed by atoms with Gasteiger partial charge >= 0.3 is 5.97 Å². The van der Waals surface area contributed by atoms with E-state index in [1.165, 1.54) is 19.3 Å². The Morgan fingerprint density at radius 1 is 0.865 bits per heavy atom. The monoisotopic (exact) mass is 516 g/mol. The number of allylic oxidation sites excluding steroid dienone is 2. The highest BCUT2D eigenvalue weighted by molar-refractivity contribution is 5.77. The molecule has 5 rings (SSSR count). The second kappa shape index (κ2) is 7.63. The molecule has 0 saturated heterocycles. The molecule has 0 aromatic heterocycles. The zero-order chi connectivity index (χ0) is 27.8. The number of carboxylic acid groups (broad SMARTS) is 1. The van der Waals surface area contributed by atoms with E-state index in [-0.39, 0.29) is 27.6 Å². The molecule has 210 valence electrons. The maximum Gasteiger partial charge on any atom is 0.312 e. The fourth-order valence-corrected chi connectivity index (χ4v) is 11.7. The highest BCUT2D eigenvalue weighted by Gasteiger charge is 2.78. The quantitative estimate of drug-likeness (QED) is 0.330. The Hall–Kier alpha value is -0.910. The first kappa shape index (κ1) is 27.6. The molecule has 5 nitrogen and oxygen atoms in total. The number of aliphatic carboxylic acids is 1. The second-order valence-corrected chi connectivity index (χ2v) is 15.7. The van der Waals surface area contributed by atoms with Crippen molar-refractivity contribution >= 4 is 5.97 Å². The molecule has 0 aromatic rings. The SMILES string of the molecule is C[C@@H]1CC[C@]2(C)CC[C@]3(C)C(=CC[C@@H]4[C@@]5(C)[C@H](O)[C@H](O)[C@H](O)[C@@](C)(C(=O)O)[C@]5(C)CC[C@]43C)[C@@]2(C)[C@H]1C. The lowest BCUT2D eigenvalue weighted by molar-refractivity contribution is -0.316. The molecule has 4 fully saturated rings. The summed E-state index contributed by atoms with van der Waals surface area (Å²) in [6, 6.07) is 0. The summed E-state index contributed by atoms with van der Waals surface area (Å²) in [5, 5.41) is 44.4. The van der Waals surface area contributed by atoms with Gasteiger partial charge < -0.3 is 20.4 Å². The van der Waals surface area contributed by atoms with Gasteiger partial charge in [-0.05, 0) is 96.7 Å². The molecule has 5 aliphatic rings. The fraction of sp³-hybridized carbons (Fsp3) is 0.906. The van der Waals surface area contributed by atoms with E-state index in [1.54, 1.807) is 12.5 Å². The van der Waals surface area contributed by atoms with Gasteiger partial charge in [-0.3, -0.25) is 4.79 Å². The molecule has 13 atom stereocenters. The van der Waals surface area contributed by atoms with Crippen molar-refractivity contribution in [3.63, 3.8) is 0 Å². The van der Waals surface area contributed by atoms with E-state index in [9.17, 15) is 25.2 Å². The zero-order valence-corrected chi connectivity index (χ0v) is 24.7. The zero-order valence-electron chi connectivity index (χ0n) is 24.7. The van der Waals surface area contributed by atoms with Gasteiger partial charge in [-0.15, -0.1) is 0 Å². The Bertz CT molecular complexity index is 1040. The van der Waals surface area contributed by atoms with Crippen LogP contribution in [0.5, 0.6) is 0 Å². The van der Waals surface area contributed by atoms with Gasteiger partial charge in [-0.1, -0.05) is 67.0 Å². The molecule has 5 aliphatic carbocycles. The molecule has 0 bridgehead atoms. The van der Waals surface area contributed by atoms with Crippen LogP contribution in [0, 0.1) is 55.7 Å². The standard InChI is InChI=1S/C32H52O5/c1-18-12-13-26(3)14-15-27(4)20(30(26,7)19(18)2)10-11-21-28(27,5)16-17-29(6)31(21,8)23(34)22(33)24(35)32(29,9)25(36)37/h10,18-19,21-24,33-35H,11-17H2,1-9H3,(H,36,37)/t18-,19+,21+,22+,23-,24+,26-,27-,28-,29-,30-,31+,32+/m1/s1. The minimum atomic E-state index is -1.56. The summed E-state index contributed by atoms with van der Waals surface area (Å²) in [6.07, 6.45) is 5.35. The smallest absolute Gasteiger partial charge is 0.312 e. The number of hydrogen-bond acceptors (Lipinski definition) is 4. The molecular formula is C32H52O5. The van der Waals surface area contributed by atoms with Gasteiger partial charge in [-0.25, -0.2) is 0 Å². The number of fused-ring (bicyclic) bond motifs is 7. The van der Waals surface area contributed by atoms with Gasteiger partial charge in [-0.2, -0.15) is 0 Å². The van der Waals surface area contributed by atoms with Crippen molar-refractivity contribution < 1.29 is 25.2 Å². The molecule has 4 N–H and O–H groups in total. The van der Waals surface area contributed by atoms with Crippen LogP contribution in [0.1, 0.15) is 107 Å². The lowest BCUT2D eigenvalue weighted by Gasteiger charge is -2.76. The molecular weight excluding hydrogens is 464 g/mol. The van der Waals surface area contributed by atoms with Crippen LogP contribution in [0.4, 0.5) is 0 Å². The predicted octanol–water partition coefficient (Wildman–Crippen LogP) is 5.81.